The molecule has 1 fully saturated rings. The van der Waals surface area contributed by atoms with Crippen molar-refractivity contribution >= 4 is 17.5 Å². The molecule has 0 aromatic heterocycles. The van der Waals surface area contributed by atoms with E-state index < -0.39 is 18.1 Å². The monoisotopic (exact) mass is 432 g/mol. The Balaban J connectivity index is 1.78. The number of carbonyl (C=O) groups excluding carboxylic acids is 2. The van der Waals surface area contributed by atoms with Crippen molar-refractivity contribution in [2.24, 2.45) is 0 Å². The van der Waals surface area contributed by atoms with Crippen molar-refractivity contribution in [1.29, 1.82) is 0 Å². The topological polar surface area (TPSA) is 114 Å². The van der Waals surface area contributed by atoms with Gasteiger partial charge in [0.05, 0.1) is 6.10 Å². The summed E-state index contributed by atoms with van der Waals surface area (Å²) in [6.07, 6.45) is 3.79. The molecule has 1 saturated heterocycles. The number of hydroxylamine groups is 1. The summed E-state index contributed by atoms with van der Waals surface area (Å²) < 4.78 is 0. The van der Waals surface area contributed by atoms with Crippen molar-refractivity contribution in [3.8, 4) is 0 Å². The van der Waals surface area contributed by atoms with E-state index in [4.69, 9.17) is 5.21 Å². The zero-order chi connectivity index (χ0) is 22.6. The molecule has 0 bridgehead atoms. The summed E-state index contributed by atoms with van der Waals surface area (Å²) >= 11 is 0. The van der Waals surface area contributed by atoms with E-state index in [1.54, 1.807) is 5.48 Å². The second kappa shape index (κ2) is 13.1. The molecule has 31 heavy (non-hydrogen) atoms. The lowest BCUT2D eigenvalue weighted by Gasteiger charge is -2.24. The molecule has 1 aliphatic rings. The quantitative estimate of drug-likeness (QED) is 0.174. The number of aliphatic hydroxyl groups excluding tert-OH is 1. The lowest BCUT2D eigenvalue weighted by Crippen LogP contribution is -2.49. The molecule has 0 saturated carbocycles. The molecule has 172 valence electrons. The summed E-state index contributed by atoms with van der Waals surface area (Å²) in [7, 11) is 0. The first-order chi connectivity index (χ1) is 15.0. The normalized spacial score (nSPS) is 15.6. The first-order valence-corrected chi connectivity index (χ1v) is 11.1. The molecule has 2 atom stereocenters. The van der Waals surface area contributed by atoms with Gasteiger partial charge in [-0.1, -0.05) is 50.6 Å². The molecule has 2 amide bonds. The average molecular weight is 433 g/mol. The van der Waals surface area contributed by atoms with E-state index in [9.17, 15) is 14.7 Å². The molecule has 0 spiro atoms. The number of unbranched alkanes of at least 4 members (excludes halogenated alkanes) is 1. The largest absolute Gasteiger partial charge is 0.390 e. The third-order valence-electron chi connectivity index (χ3n) is 5.55. The van der Waals surface area contributed by atoms with E-state index in [0.29, 0.717) is 18.5 Å². The van der Waals surface area contributed by atoms with Crippen LogP contribution in [0.1, 0.15) is 56.6 Å². The minimum absolute atomic E-state index is 0.265. The maximum Gasteiger partial charge on any atom is 0.268 e. The number of likely N-dealkylation sites (tertiary alicyclic amines) is 1. The maximum atomic E-state index is 12.0. The van der Waals surface area contributed by atoms with Gasteiger partial charge in [-0.05, 0) is 36.9 Å². The van der Waals surface area contributed by atoms with Crippen LogP contribution in [0.25, 0.3) is 5.70 Å². The van der Waals surface area contributed by atoms with Gasteiger partial charge in [-0.25, -0.2) is 5.48 Å². The van der Waals surface area contributed by atoms with Crippen molar-refractivity contribution in [1.82, 2.24) is 21.0 Å². The van der Waals surface area contributed by atoms with Gasteiger partial charge >= 0.3 is 0 Å². The predicted octanol–water partition coefficient (Wildman–Crippen LogP) is 1.77. The van der Waals surface area contributed by atoms with Gasteiger partial charge in [-0.15, -0.1) is 0 Å². The zero-order valence-electron chi connectivity index (χ0n) is 18.4. The van der Waals surface area contributed by atoms with Crippen molar-refractivity contribution in [2.75, 3.05) is 19.6 Å². The van der Waals surface area contributed by atoms with Crippen LogP contribution in [0, 0.1) is 0 Å². The summed E-state index contributed by atoms with van der Waals surface area (Å²) in [4.78, 5) is 25.5. The predicted molar refractivity (Wildman–Crippen MR) is 120 cm³/mol. The number of nitrogens with one attached hydrogen (secondary N) is 3. The van der Waals surface area contributed by atoms with Gasteiger partial charge in [0.25, 0.3) is 5.91 Å². The lowest BCUT2D eigenvalue weighted by atomic mass is 10.0. The fourth-order valence-corrected chi connectivity index (χ4v) is 3.65. The molecule has 1 aliphatic heterocycles. The van der Waals surface area contributed by atoms with Crippen LogP contribution in [0.15, 0.2) is 30.8 Å². The Kier molecular flexibility index (Phi) is 10.5. The molecule has 2 unspecified atom stereocenters. The molecule has 5 N–H and O–H groups in total. The van der Waals surface area contributed by atoms with E-state index >= 15 is 0 Å². The Morgan fingerprint density at radius 1 is 1.26 bits per heavy atom. The van der Waals surface area contributed by atoms with Crippen molar-refractivity contribution in [2.45, 2.75) is 64.1 Å². The highest BCUT2D eigenvalue weighted by atomic mass is 16.5. The standard InChI is InChI=1S/C23H36N4O4/c1-3-4-7-20(28)22(23(30)26-31)25-17(2)19-11-9-18(10-12-19)16-24-13-6-15-27-14-5-8-21(27)29/h9-12,20,22,24-25,28,31H,2-8,13-16H2,1H3,(H,26,30). The fourth-order valence-electron chi connectivity index (χ4n) is 3.65. The lowest BCUT2D eigenvalue weighted by molar-refractivity contribution is -0.134. The third kappa shape index (κ3) is 7.97. The first kappa shape index (κ1) is 24.8. The summed E-state index contributed by atoms with van der Waals surface area (Å²) in [6, 6.07) is 6.79. The van der Waals surface area contributed by atoms with Gasteiger partial charge in [-0.3, -0.25) is 14.8 Å². The van der Waals surface area contributed by atoms with E-state index in [2.05, 4.69) is 17.2 Å². The molecule has 0 radical (unpaired) electrons. The number of benzene rings is 1. The smallest absolute Gasteiger partial charge is 0.268 e. The van der Waals surface area contributed by atoms with Crippen LogP contribution >= 0.6 is 0 Å². The summed E-state index contributed by atoms with van der Waals surface area (Å²) in [5.74, 6) is -0.428. The Labute approximate surface area is 184 Å². The molecular weight excluding hydrogens is 396 g/mol. The van der Waals surface area contributed by atoms with Crippen LogP contribution in [-0.2, 0) is 16.1 Å². The van der Waals surface area contributed by atoms with Crippen molar-refractivity contribution < 1.29 is 19.9 Å². The Bertz CT molecular complexity index is 723. The number of hydrogen-bond donors (Lipinski definition) is 5. The number of aliphatic hydroxyl groups is 1. The minimum Gasteiger partial charge on any atom is -0.390 e. The third-order valence-corrected chi connectivity index (χ3v) is 5.55. The molecule has 1 heterocycles. The van der Waals surface area contributed by atoms with Crippen molar-refractivity contribution in [3.63, 3.8) is 0 Å². The van der Waals surface area contributed by atoms with Gasteiger partial charge in [0.2, 0.25) is 5.91 Å². The fraction of sp³-hybridized carbons (Fsp3) is 0.565. The van der Waals surface area contributed by atoms with Crippen LogP contribution in [0.5, 0.6) is 0 Å². The van der Waals surface area contributed by atoms with E-state index in [-0.39, 0.29) is 5.91 Å². The van der Waals surface area contributed by atoms with Crippen LogP contribution in [0.2, 0.25) is 0 Å². The van der Waals surface area contributed by atoms with Crippen LogP contribution in [0.3, 0.4) is 0 Å². The number of carbonyl (C=O) groups is 2. The molecule has 2 rings (SSSR count). The van der Waals surface area contributed by atoms with E-state index in [0.717, 1.165) is 63.0 Å². The highest BCUT2D eigenvalue weighted by Gasteiger charge is 2.26. The minimum atomic E-state index is -0.979. The molecule has 1 aromatic rings. The van der Waals surface area contributed by atoms with Gasteiger partial charge in [0.15, 0.2) is 0 Å². The number of rotatable bonds is 14. The number of amides is 2. The Morgan fingerprint density at radius 2 is 2.00 bits per heavy atom. The molecular formula is C23H36N4O4. The molecule has 1 aromatic carbocycles. The number of nitrogens with zero attached hydrogens (tertiary/aromatic N) is 1. The molecule has 0 aliphatic carbocycles. The van der Waals surface area contributed by atoms with Crippen LogP contribution < -0.4 is 16.1 Å². The van der Waals surface area contributed by atoms with E-state index in [1.807, 2.05) is 36.1 Å². The molecule has 8 heteroatoms. The van der Waals surface area contributed by atoms with E-state index in [1.165, 1.54) is 0 Å². The Hall–Kier alpha value is -2.42. The summed E-state index contributed by atoms with van der Waals surface area (Å²) in [5, 5.41) is 25.6. The molecule has 8 nitrogen and oxygen atoms in total. The SMILES string of the molecule is C=C(NC(C(=O)NO)C(O)CCCC)c1ccc(CNCCCN2CCCC2=O)cc1. The zero-order valence-corrected chi connectivity index (χ0v) is 18.4. The summed E-state index contributed by atoms with van der Waals surface area (Å²) in [6.45, 7) is 9.23. The average Bonchev–Trinajstić information content (AvgIpc) is 3.19. The van der Waals surface area contributed by atoms with Gasteiger partial charge in [0.1, 0.15) is 6.04 Å². The Morgan fingerprint density at radius 3 is 2.61 bits per heavy atom. The van der Waals surface area contributed by atoms with Gasteiger partial charge in [-0.2, -0.15) is 0 Å². The van der Waals surface area contributed by atoms with Crippen LogP contribution in [0.4, 0.5) is 0 Å². The summed E-state index contributed by atoms with van der Waals surface area (Å²) in [5.41, 5.74) is 4.02. The highest BCUT2D eigenvalue weighted by molar-refractivity contribution is 5.83. The second-order valence-corrected chi connectivity index (χ2v) is 8.00. The van der Waals surface area contributed by atoms with Gasteiger partial charge in [0, 0.05) is 31.8 Å². The second-order valence-electron chi connectivity index (χ2n) is 8.00. The maximum absolute atomic E-state index is 12.0. The highest BCUT2D eigenvalue weighted by Crippen LogP contribution is 2.15. The van der Waals surface area contributed by atoms with Gasteiger partial charge < -0.3 is 20.6 Å². The van der Waals surface area contributed by atoms with Crippen LogP contribution in [-0.4, -0.2) is 58.8 Å². The van der Waals surface area contributed by atoms with Crippen molar-refractivity contribution in [3.05, 3.63) is 42.0 Å². The first-order valence-electron chi connectivity index (χ1n) is 11.1. The number of hydrogen-bond acceptors (Lipinski definition) is 6.